The maximum Gasteiger partial charge on any atom is 0.235 e. The van der Waals surface area contributed by atoms with Crippen LogP contribution in [-0.4, -0.2) is 14.5 Å². The molecule has 38 heavy (non-hydrogen) atoms. The van der Waals surface area contributed by atoms with E-state index in [0.29, 0.717) is 5.95 Å². The van der Waals surface area contributed by atoms with Crippen LogP contribution < -0.4 is 0 Å². The van der Waals surface area contributed by atoms with Crippen molar-refractivity contribution in [3.05, 3.63) is 128 Å². The molecule has 4 heteroatoms. The van der Waals surface area contributed by atoms with Crippen molar-refractivity contribution >= 4 is 43.7 Å². The van der Waals surface area contributed by atoms with Crippen molar-refractivity contribution in [3.8, 4) is 28.3 Å². The van der Waals surface area contributed by atoms with E-state index in [9.17, 15) is 0 Å². The Morgan fingerprint density at radius 1 is 0.553 bits per heavy atom. The number of hydrogen-bond donors (Lipinski definition) is 0. The van der Waals surface area contributed by atoms with Gasteiger partial charge in [-0.05, 0) is 29.8 Å². The van der Waals surface area contributed by atoms with Crippen LogP contribution in [0.3, 0.4) is 0 Å². The Balaban J connectivity index is 1.28. The zero-order chi connectivity index (χ0) is 25.1. The first-order valence-electron chi connectivity index (χ1n) is 12.7. The van der Waals surface area contributed by atoms with Crippen molar-refractivity contribution in [3.63, 3.8) is 0 Å². The molecule has 0 radical (unpaired) electrons. The third kappa shape index (κ3) is 3.17. The van der Waals surface area contributed by atoms with Crippen molar-refractivity contribution in [1.82, 2.24) is 14.5 Å². The summed E-state index contributed by atoms with van der Waals surface area (Å²) in [5.74, 6) is 0.663. The van der Waals surface area contributed by atoms with Crippen LogP contribution in [0.2, 0.25) is 0 Å². The summed E-state index contributed by atoms with van der Waals surface area (Å²) in [7, 11) is 0. The van der Waals surface area contributed by atoms with E-state index in [1.165, 1.54) is 0 Å². The van der Waals surface area contributed by atoms with Gasteiger partial charge in [-0.2, -0.15) is 0 Å². The largest absolute Gasteiger partial charge is 0.455 e. The molecule has 178 valence electrons. The van der Waals surface area contributed by atoms with Crippen molar-refractivity contribution in [2.24, 2.45) is 0 Å². The summed E-state index contributed by atoms with van der Waals surface area (Å²) in [5, 5.41) is 4.46. The Kier molecular flexibility index (Phi) is 4.49. The molecule has 0 saturated carbocycles. The molecule has 0 saturated heterocycles. The van der Waals surface area contributed by atoms with Gasteiger partial charge in [0.15, 0.2) is 0 Å². The highest BCUT2D eigenvalue weighted by Crippen LogP contribution is 2.37. The van der Waals surface area contributed by atoms with E-state index in [0.717, 1.165) is 66.1 Å². The number of nitrogens with zero attached hydrogens (tertiary/aromatic N) is 3. The second-order valence-corrected chi connectivity index (χ2v) is 9.49. The van der Waals surface area contributed by atoms with Gasteiger partial charge in [0, 0.05) is 38.9 Å². The molecule has 0 aliphatic rings. The predicted molar refractivity (Wildman–Crippen MR) is 155 cm³/mol. The molecule has 4 nitrogen and oxygen atoms in total. The fraction of sp³-hybridized carbons (Fsp3) is 0. The number of benzene rings is 5. The van der Waals surface area contributed by atoms with E-state index in [2.05, 4.69) is 83.4 Å². The normalized spacial score (nSPS) is 11.7. The highest BCUT2D eigenvalue weighted by atomic mass is 16.3. The Hall–Kier alpha value is -5.22. The average molecular weight is 488 g/mol. The maximum atomic E-state index is 6.28. The van der Waals surface area contributed by atoms with E-state index in [1.807, 2.05) is 48.7 Å². The van der Waals surface area contributed by atoms with Gasteiger partial charge < -0.3 is 4.42 Å². The van der Waals surface area contributed by atoms with E-state index >= 15 is 0 Å². The molecule has 0 aliphatic carbocycles. The van der Waals surface area contributed by atoms with Gasteiger partial charge >= 0.3 is 0 Å². The topological polar surface area (TPSA) is 43.9 Å². The number of rotatable bonds is 3. The lowest BCUT2D eigenvalue weighted by atomic mass is 9.99. The second kappa shape index (κ2) is 8.15. The van der Waals surface area contributed by atoms with Crippen molar-refractivity contribution in [2.75, 3.05) is 0 Å². The van der Waals surface area contributed by atoms with Crippen LogP contribution >= 0.6 is 0 Å². The van der Waals surface area contributed by atoms with Gasteiger partial charge in [-0.1, -0.05) is 97.1 Å². The summed E-state index contributed by atoms with van der Waals surface area (Å²) in [6.07, 6.45) is 2.04. The van der Waals surface area contributed by atoms with Gasteiger partial charge in [0.05, 0.1) is 16.7 Å². The highest BCUT2D eigenvalue weighted by molar-refractivity contribution is 6.09. The molecule has 0 bridgehead atoms. The molecule has 0 unspecified atom stereocenters. The molecule has 0 N–H and O–H groups in total. The molecule has 3 heterocycles. The van der Waals surface area contributed by atoms with Crippen LogP contribution in [0.15, 0.2) is 132 Å². The summed E-state index contributed by atoms with van der Waals surface area (Å²) in [6, 6.07) is 41.7. The number of para-hydroxylation sites is 4. The number of hydrogen-bond acceptors (Lipinski definition) is 3. The third-order valence-corrected chi connectivity index (χ3v) is 7.28. The zero-order valence-electron chi connectivity index (χ0n) is 20.4. The van der Waals surface area contributed by atoms with Crippen molar-refractivity contribution < 1.29 is 4.42 Å². The summed E-state index contributed by atoms with van der Waals surface area (Å²) >= 11 is 0. The summed E-state index contributed by atoms with van der Waals surface area (Å²) < 4.78 is 8.34. The summed E-state index contributed by atoms with van der Waals surface area (Å²) in [4.78, 5) is 9.99. The van der Waals surface area contributed by atoms with Crippen LogP contribution in [0, 0.1) is 0 Å². The molecule has 0 spiro atoms. The van der Waals surface area contributed by atoms with Gasteiger partial charge in [0.1, 0.15) is 11.2 Å². The molecular weight excluding hydrogens is 466 g/mol. The van der Waals surface area contributed by atoms with E-state index in [1.54, 1.807) is 0 Å². The number of furan rings is 1. The quantitative estimate of drug-likeness (QED) is 0.250. The van der Waals surface area contributed by atoms with E-state index in [4.69, 9.17) is 14.4 Å². The predicted octanol–water partition coefficient (Wildman–Crippen LogP) is 8.81. The second-order valence-electron chi connectivity index (χ2n) is 9.49. The lowest BCUT2D eigenvalue weighted by Gasteiger charge is -2.11. The SMILES string of the molecule is c1ccc2c(c1)ccn2-c1nc(-c2ccc(-c3cccc4c3oc3ccccc34)cc2)c2ccccc2n1. The van der Waals surface area contributed by atoms with Crippen LogP contribution in [0.4, 0.5) is 0 Å². The molecule has 5 aromatic carbocycles. The first kappa shape index (κ1) is 20.9. The third-order valence-electron chi connectivity index (χ3n) is 7.28. The molecule has 0 atom stereocenters. The fourth-order valence-corrected chi connectivity index (χ4v) is 5.43. The smallest absolute Gasteiger partial charge is 0.235 e. The van der Waals surface area contributed by atoms with Crippen molar-refractivity contribution in [1.29, 1.82) is 0 Å². The molecule has 8 rings (SSSR count). The van der Waals surface area contributed by atoms with Gasteiger partial charge in [0.2, 0.25) is 5.95 Å². The first-order chi connectivity index (χ1) is 18.8. The standard InChI is InChI=1S/C34H21N3O/c1-5-14-30-23(8-1)20-21-37(30)34-35-29-13-4-2-10-28(29)32(36-34)24-18-16-22(17-19-24)25-11-7-12-27-26-9-3-6-15-31(26)38-33(25)27/h1-21H. The zero-order valence-corrected chi connectivity index (χ0v) is 20.4. The van der Waals surface area contributed by atoms with Gasteiger partial charge in [-0.25, -0.2) is 9.97 Å². The van der Waals surface area contributed by atoms with Crippen LogP contribution in [0.5, 0.6) is 0 Å². The summed E-state index contributed by atoms with van der Waals surface area (Å²) in [5.41, 5.74) is 7.97. The van der Waals surface area contributed by atoms with E-state index < -0.39 is 0 Å². The minimum atomic E-state index is 0.663. The van der Waals surface area contributed by atoms with Gasteiger partial charge in [-0.15, -0.1) is 0 Å². The molecule has 0 aliphatic heterocycles. The number of aromatic nitrogens is 3. The molecule has 0 fully saturated rings. The Bertz CT molecular complexity index is 2130. The molecule has 8 aromatic rings. The lowest BCUT2D eigenvalue weighted by Crippen LogP contribution is -2.02. The van der Waals surface area contributed by atoms with Crippen LogP contribution in [0.1, 0.15) is 0 Å². The van der Waals surface area contributed by atoms with E-state index in [-0.39, 0.29) is 0 Å². The summed E-state index contributed by atoms with van der Waals surface area (Å²) in [6.45, 7) is 0. The Labute approximate surface area is 218 Å². The Morgan fingerprint density at radius 2 is 1.29 bits per heavy atom. The van der Waals surface area contributed by atoms with Gasteiger partial charge in [0.25, 0.3) is 0 Å². The molecule has 3 aromatic heterocycles. The first-order valence-corrected chi connectivity index (χ1v) is 12.7. The van der Waals surface area contributed by atoms with Crippen LogP contribution in [-0.2, 0) is 0 Å². The average Bonchev–Trinajstić information content (AvgIpc) is 3.59. The maximum absolute atomic E-state index is 6.28. The highest BCUT2D eigenvalue weighted by Gasteiger charge is 2.15. The molecular formula is C34H21N3O. The van der Waals surface area contributed by atoms with Crippen LogP contribution in [0.25, 0.3) is 72.1 Å². The monoisotopic (exact) mass is 487 g/mol. The van der Waals surface area contributed by atoms with Gasteiger partial charge in [-0.3, -0.25) is 4.57 Å². The fourth-order valence-electron chi connectivity index (χ4n) is 5.43. The van der Waals surface area contributed by atoms with Crippen molar-refractivity contribution in [2.45, 2.75) is 0 Å². The Morgan fingerprint density at radius 3 is 2.21 bits per heavy atom. The number of fused-ring (bicyclic) bond motifs is 5. The molecule has 0 amide bonds. The lowest BCUT2D eigenvalue weighted by molar-refractivity contribution is 0.670. The minimum Gasteiger partial charge on any atom is -0.455 e. The minimum absolute atomic E-state index is 0.663.